The largest absolute Gasteiger partial charge is 0.482 e. The second-order valence-electron chi connectivity index (χ2n) is 16.1. The number of aryl methyl sites for hydroxylation is 1. The number of nitrogens with zero attached hydrogens (tertiary/aromatic N) is 2. The Morgan fingerprint density at radius 3 is 2.67 bits per heavy atom. The standard InChI is InChI=1S/C41H47N5O11/c1-22-11-31(48)27-12-25-13-34(57-54-20-33(50)41(53,39(52)32(49)19-47)21-45-10-6-28-30(45)5-9-42-28)40(7-2-3-23(15-40)26-14-35(51)44-16-26)56-37(25)36(38(27)55-22)46-17-24-4-8-43-29(24)18-46/h4-6,8-12,17-18,23,26,32-34,39,42-43,47,49-50,52-53H,2-3,7,13-16,19-21H2,1H3,(H,44,51)/t23-,26+,32-,33+,34-,39-,40-,41-/m1/s1. The lowest BCUT2D eigenvalue weighted by atomic mass is 9.68. The number of aromatic nitrogens is 4. The summed E-state index contributed by atoms with van der Waals surface area (Å²) < 4.78 is 17.0. The first-order chi connectivity index (χ1) is 27.5. The van der Waals surface area contributed by atoms with Crippen LogP contribution >= 0.6 is 0 Å². The molecule has 8 N–H and O–H groups in total. The van der Waals surface area contributed by atoms with Crippen molar-refractivity contribution in [3.05, 3.63) is 82.9 Å². The molecule has 1 spiro atoms. The minimum absolute atomic E-state index is 0.0141. The van der Waals surface area contributed by atoms with Gasteiger partial charge >= 0.3 is 0 Å². The van der Waals surface area contributed by atoms with Gasteiger partial charge < -0.3 is 59.1 Å². The number of carbonyl (C=O) groups excluding carboxylic acids is 1. The number of amides is 1. The quantitative estimate of drug-likeness (QED) is 0.0664. The van der Waals surface area contributed by atoms with Gasteiger partial charge in [-0.1, -0.05) is 0 Å². The fourth-order valence-corrected chi connectivity index (χ4v) is 9.41. The number of aliphatic hydroxyl groups excluding tert-OH is 4. The Hall–Kier alpha value is -4.94. The second kappa shape index (κ2) is 14.5. The van der Waals surface area contributed by atoms with Crippen molar-refractivity contribution >= 4 is 38.8 Å². The number of hydrogen-bond acceptors (Lipinski definition) is 11. The third-order valence-corrected chi connectivity index (χ3v) is 12.5. The smallest absolute Gasteiger partial charge is 0.220 e. The lowest BCUT2D eigenvalue weighted by Crippen LogP contribution is -2.61. The third kappa shape index (κ3) is 6.54. The first-order valence-corrected chi connectivity index (χ1v) is 19.5. The van der Waals surface area contributed by atoms with Gasteiger partial charge in [0.05, 0.1) is 35.1 Å². The molecule has 8 atom stereocenters. The zero-order valence-corrected chi connectivity index (χ0v) is 31.4. The van der Waals surface area contributed by atoms with E-state index in [9.17, 15) is 35.1 Å². The molecule has 0 radical (unpaired) electrons. The van der Waals surface area contributed by atoms with Crippen molar-refractivity contribution in [3.8, 4) is 11.4 Å². The molecule has 16 heteroatoms. The predicted molar refractivity (Wildman–Crippen MR) is 206 cm³/mol. The summed E-state index contributed by atoms with van der Waals surface area (Å²) in [5.41, 5.74) is 0.350. The van der Waals surface area contributed by atoms with Gasteiger partial charge in [-0.15, -0.1) is 0 Å². The highest BCUT2D eigenvalue weighted by Gasteiger charge is 2.53. The van der Waals surface area contributed by atoms with Crippen molar-refractivity contribution in [2.45, 2.75) is 87.6 Å². The van der Waals surface area contributed by atoms with Gasteiger partial charge in [-0.25, -0.2) is 9.78 Å². The van der Waals surface area contributed by atoms with Crippen LogP contribution in [0.1, 0.15) is 43.4 Å². The zero-order valence-electron chi connectivity index (χ0n) is 31.4. The van der Waals surface area contributed by atoms with Crippen LogP contribution in [0.4, 0.5) is 0 Å². The molecule has 5 aromatic heterocycles. The predicted octanol–water partition coefficient (Wildman–Crippen LogP) is 2.48. The number of nitrogens with one attached hydrogen (secondary N) is 3. The summed E-state index contributed by atoms with van der Waals surface area (Å²) >= 11 is 0. The van der Waals surface area contributed by atoms with E-state index in [1.54, 1.807) is 42.1 Å². The van der Waals surface area contributed by atoms with Crippen LogP contribution in [0.3, 0.4) is 0 Å². The molecule has 1 amide bonds. The van der Waals surface area contributed by atoms with Crippen molar-refractivity contribution in [1.29, 1.82) is 0 Å². The average Bonchev–Trinajstić information content (AvgIpc) is 4.04. The molecular weight excluding hydrogens is 738 g/mol. The molecule has 7 heterocycles. The summed E-state index contributed by atoms with van der Waals surface area (Å²) in [4.78, 5) is 44.2. The molecule has 0 bridgehead atoms. The summed E-state index contributed by atoms with van der Waals surface area (Å²) in [6.45, 7) is 0.444. The first kappa shape index (κ1) is 37.6. The summed E-state index contributed by atoms with van der Waals surface area (Å²) in [7, 11) is 0. The molecule has 0 unspecified atom stereocenters. The number of rotatable bonds is 12. The average molecular weight is 786 g/mol. The number of H-pyrrole nitrogens is 2. The van der Waals surface area contributed by atoms with E-state index in [1.165, 1.54) is 6.07 Å². The fraction of sp³-hybridized carbons (Fsp3) is 0.463. The molecule has 1 saturated heterocycles. The lowest BCUT2D eigenvalue weighted by Gasteiger charge is -2.49. The number of carbonyl (C=O) groups is 1. The van der Waals surface area contributed by atoms with Crippen LogP contribution in [0, 0.1) is 18.8 Å². The van der Waals surface area contributed by atoms with Gasteiger partial charge in [-0.3, -0.25) is 9.59 Å². The van der Waals surface area contributed by atoms with Gasteiger partial charge in [0.2, 0.25) is 5.91 Å². The van der Waals surface area contributed by atoms with Gasteiger partial charge in [0.1, 0.15) is 53.7 Å². The summed E-state index contributed by atoms with van der Waals surface area (Å²) in [5.74, 6) is 1.21. The summed E-state index contributed by atoms with van der Waals surface area (Å²) in [6, 6.07) is 8.70. The Morgan fingerprint density at radius 2 is 1.88 bits per heavy atom. The number of fused-ring (bicyclic) bond motifs is 4. The molecular formula is C41H47N5O11. The van der Waals surface area contributed by atoms with Crippen LogP contribution in [0.25, 0.3) is 38.6 Å². The van der Waals surface area contributed by atoms with E-state index in [2.05, 4.69) is 15.3 Å². The van der Waals surface area contributed by atoms with Crippen LogP contribution in [-0.2, 0) is 27.5 Å². The van der Waals surface area contributed by atoms with Crippen molar-refractivity contribution in [2.75, 3.05) is 19.8 Å². The van der Waals surface area contributed by atoms with Crippen molar-refractivity contribution in [3.63, 3.8) is 0 Å². The first-order valence-electron chi connectivity index (χ1n) is 19.5. The van der Waals surface area contributed by atoms with E-state index >= 15 is 0 Å². The second-order valence-corrected chi connectivity index (χ2v) is 16.1. The number of hydrogen-bond donors (Lipinski definition) is 8. The molecule has 2 fully saturated rings. The Bertz CT molecular complexity index is 2470. The molecule has 3 aliphatic rings. The zero-order chi connectivity index (χ0) is 39.6. The number of aromatic amines is 2. The molecule has 1 aromatic carbocycles. The minimum Gasteiger partial charge on any atom is -0.482 e. The molecule has 1 saturated carbocycles. The Kier molecular flexibility index (Phi) is 9.55. The maximum atomic E-state index is 13.5. The fourth-order valence-electron chi connectivity index (χ4n) is 9.41. The van der Waals surface area contributed by atoms with Crippen molar-refractivity contribution < 1.29 is 49.3 Å². The monoisotopic (exact) mass is 785 g/mol. The van der Waals surface area contributed by atoms with E-state index in [1.807, 2.05) is 29.2 Å². The molecule has 1 aliphatic carbocycles. The Labute approximate surface area is 325 Å². The van der Waals surface area contributed by atoms with Crippen LogP contribution < -0.4 is 15.5 Å². The van der Waals surface area contributed by atoms with E-state index < -0.39 is 48.8 Å². The Balaban J connectivity index is 1.07. The van der Waals surface area contributed by atoms with Crippen LogP contribution in [0.5, 0.6) is 5.75 Å². The van der Waals surface area contributed by atoms with Crippen LogP contribution in [-0.4, -0.2) is 106 Å². The number of ether oxygens (including phenoxy) is 1. The molecule has 2 aliphatic heterocycles. The minimum atomic E-state index is -2.40. The van der Waals surface area contributed by atoms with Crippen LogP contribution in [0.2, 0.25) is 0 Å². The molecule has 57 heavy (non-hydrogen) atoms. The molecule has 6 aromatic rings. The summed E-state index contributed by atoms with van der Waals surface area (Å²) in [6.07, 6.45) is 6.16. The highest BCUT2D eigenvalue weighted by molar-refractivity contribution is 5.91. The summed E-state index contributed by atoms with van der Waals surface area (Å²) in [5, 5.41) is 58.9. The van der Waals surface area contributed by atoms with Gasteiger partial charge in [0.25, 0.3) is 0 Å². The van der Waals surface area contributed by atoms with E-state index in [0.717, 1.165) is 29.3 Å². The lowest BCUT2D eigenvalue weighted by molar-refractivity contribution is -0.369. The Morgan fingerprint density at radius 1 is 1.05 bits per heavy atom. The van der Waals surface area contributed by atoms with Crippen molar-refractivity contribution in [2.24, 2.45) is 11.8 Å². The maximum Gasteiger partial charge on any atom is 0.220 e. The molecule has 9 rings (SSSR count). The molecule has 302 valence electrons. The van der Waals surface area contributed by atoms with Crippen molar-refractivity contribution in [1.82, 2.24) is 24.4 Å². The number of aliphatic hydroxyl groups is 5. The van der Waals surface area contributed by atoms with E-state index in [-0.39, 0.29) is 36.1 Å². The van der Waals surface area contributed by atoms with Gasteiger partial charge in [0, 0.05) is 67.4 Å². The van der Waals surface area contributed by atoms with E-state index in [0.29, 0.717) is 65.1 Å². The van der Waals surface area contributed by atoms with Crippen LogP contribution in [0.15, 0.2) is 70.5 Å². The molecule has 16 nitrogen and oxygen atoms in total. The topological polar surface area (TPSA) is 230 Å². The van der Waals surface area contributed by atoms with Gasteiger partial charge in [-0.2, -0.15) is 0 Å². The third-order valence-electron chi connectivity index (χ3n) is 12.5. The normalized spacial score (nSPS) is 25.1. The highest BCUT2D eigenvalue weighted by atomic mass is 17.2. The SMILES string of the molecule is Cc1cc(=O)c2cc3c(c(-n4cc5cc[nH]c5c4)c2o1)O[C@@]1(CCC[C@@H]([C@@H]2CNC(=O)C2)C1)[C@H](OOC[C@H](O)[C@](O)(Cn1ccc2[nH]ccc21)[C@H](O)[C@H](O)CO)C3. The van der Waals surface area contributed by atoms with Gasteiger partial charge in [-0.05, 0) is 68.7 Å². The maximum absolute atomic E-state index is 13.5. The van der Waals surface area contributed by atoms with E-state index in [4.69, 9.17) is 18.9 Å². The number of benzene rings is 1. The van der Waals surface area contributed by atoms with Gasteiger partial charge in [0.15, 0.2) is 16.8 Å². The highest BCUT2D eigenvalue weighted by Crippen LogP contribution is 2.50.